The van der Waals surface area contributed by atoms with Gasteiger partial charge in [0, 0.05) is 6.54 Å². The molecule has 0 fully saturated rings. The second-order valence-corrected chi connectivity index (χ2v) is 8.75. The molecule has 2 N–H and O–H groups in total. The minimum absolute atomic E-state index is 0.236. The quantitative estimate of drug-likeness (QED) is 0.682. The predicted molar refractivity (Wildman–Crippen MR) is 87.4 cm³/mol. The molecule has 0 spiro atoms. The number of hydrogen-bond donors (Lipinski definition) is 2. The van der Waals surface area contributed by atoms with Crippen molar-refractivity contribution in [3.63, 3.8) is 0 Å². The molecule has 0 heterocycles. The van der Waals surface area contributed by atoms with Crippen molar-refractivity contribution in [3.8, 4) is 0 Å². The highest BCUT2D eigenvalue weighted by molar-refractivity contribution is 7.88. The third-order valence-electron chi connectivity index (χ3n) is 3.60. The lowest BCUT2D eigenvalue weighted by Crippen LogP contribution is -2.48. The van der Waals surface area contributed by atoms with Crippen LogP contribution in [-0.2, 0) is 14.8 Å². The minimum Gasteiger partial charge on any atom is -0.354 e. The van der Waals surface area contributed by atoms with Gasteiger partial charge in [0.05, 0.1) is 6.26 Å². The first kappa shape index (κ1) is 20.4. The summed E-state index contributed by atoms with van der Waals surface area (Å²) in [6.07, 6.45) is 1.57. The van der Waals surface area contributed by atoms with Crippen LogP contribution >= 0.6 is 0 Å². The molecule has 0 radical (unpaired) electrons. The summed E-state index contributed by atoms with van der Waals surface area (Å²) in [5.41, 5.74) is 0. The van der Waals surface area contributed by atoms with Gasteiger partial charge < -0.3 is 5.32 Å². The first-order valence-corrected chi connectivity index (χ1v) is 9.58. The Morgan fingerprint density at radius 1 is 1.00 bits per heavy atom. The fourth-order valence-electron chi connectivity index (χ4n) is 2.52. The number of sulfonamides is 1. The lowest BCUT2D eigenvalue weighted by Gasteiger charge is -2.26. The maximum Gasteiger partial charge on any atom is 0.238 e. The molecule has 1 unspecified atom stereocenters. The third-order valence-corrected chi connectivity index (χ3v) is 4.32. The standard InChI is InChI=1S/C15H32N2O3S/c1-10(2)8-14(17-21(7,19)20)15(18)16-9-13(11(3)4)12(5)6/h10-14,17H,8-9H2,1-7H3,(H,16,18). The molecule has 0 aliphatic heterocycles. The topological polar surface area (TPSA) is 75.3 Å². The molecule has 1 amide bonds. The number of nitrogens with one attached hydrogen (secondary N) is 2. The summed E-state index contributed by atoms with van der Waals surface area (Å²) in [6, 6.07) is -0.694. The Labute approximate surface area is 130 Å². The van der Waals surface area contributed by atoms with Gasteiger partial charge in [-0.1, -0.05) is 41.5 Å². The van der Waals surface area contributed by atoms with E-state index in [1.54, 1.807) is 0 Å². The summed E-state index contributed by atoms with van der Waals surface area (Å²) >= 11 is 0. The molecular formula is C15H32N2O3S. The first-order valence-electron chi connectivity index (χ1n) is 7.69. The molecule has 0 aromatic carbocycles. The van der Waals surface area contributed by atoms with Crippen LogP contribution in [0.25, 0.3) is 0 Å². The zero-order chi connectivity index (χ0) is 16.8. The molecule has 0 rings (SSSR count). The molecule has 21 heavy (non-hydrogen) atoms. The molecule has 0 saturated heterocycles. The van der Waals surface area contributed by atoms with Gasteiger partial charge in [-0.2, -0.15) is 0 Å². The maximum absolute atomic E-state index is 12.3. The summed E-state index contributed by atoms with van der Waals surface area (Å²) in [5.74, 6) is 1.32. The molecule has 6 heteroatoms. The van der Waals surface area contributed by atoms with Crippen molar-refractivity contribution in [2.75, 3.05) is 12.8 Å². The van der Waals surface area contributed by atoms with Gasteiger partial charge in [-0.05, 0) is 30.1 Å². The number of amides is 1. The highest BCUT2D eigenvalue weighted by Crippen LogP contribution is 2.19. The van der Waals surface area contributed by atoms with E-state index >= 15 is 0 Å². The predicted octanol–water partition coefficient (Wildman–Crippen LogP) is 1.99. The smallest absolute Gasteiger partial charge is 0.238 e. The molecule has 0 bridgehead atoms. The van der Waals surface area contributed by atoms with Crippen LogP contribution in [0.4, 0.5) is 0 Å². The molecule has 0 saturated carbocycles. The van der Waals surface area contributed by atoms with Crippen molar-refractivity contribution in [3.05, 3.63) is 0 Å². The van der Waals surface area contributed by atoms with Gasteiger partial charge in [0.15, 0.2) is 0 Å². The molecule has 5 nitrogen and oxygen atoms in total. The molecule has 1 atom stereocenters. The van der Waals surface area contributed by atoms with E-state index in [2.05, 4.69) is 37.7 Å². The zero-order valence-corrected chi connectivity index (χ0v) is 15.3. The number of hydrogen-bond acceptors (Lipinski definition) is 3. The highest BCUT2D eigenvalue weighted by Gasteiger charge is 2.25. The average molecular weight is 320 g/mol. The van der Waals surface area contributed by atoms with Gasteiger partial charge in [0.1, 0.15) is 6.04 Å². The molecule has 0 aliphatic rings. The van der Waals surface area contributed by atoms with Crippen LogP contribution in [0, 0.1) is 23.7 Å². The van der Waals surface area contributed by atoms with Crippen LogP contribution < -0.4 is 10.0 Å². The van der Waals surface area contributed by atoms with Crippen molar-refractivity contribution in [2.45, 2.75) is 54.0 Å². The fraction of sp³-hybridized carbons (Fsp3) is 0.933. The van der Waals surface area contributed by atoms with Crippen LogP contribution in [0.3, 0.4) is 0 Å². The Bertz CT molecular complexity index is 409. The highest BCUT2D eigenvalue weighted by atomic mass is 32.2. The Hall–Kier alpha value is -0.620. The second kappa shape index (κ2) is 8.73. The second-order valence-electron chi connectivity index (χ2n) is 6.97. The van der Waals surface area contributed by atoms with Gasteiger partial charge in [0.2, 0.25) is 15.9 Å². The normalized spacial score (nSPS) is 14.2. The lowest BCUT2D eigenvalue weighted by molar-refractivity contribution is -0.123. The summed E-state index contributed by atoms with van der Waals surface area (Å²) in [4.78, 5) is 12.3. The van der Waals surface area contributed by atoms with Crippen LogP contribution in [0.15, 0.2) is 0 Å². The van der Waals surface area contributed by atoms with Crippen molar-refractivity contribution in [1.82, 2.24) is 10.0 Å². The Kier molecular flexibility index (Phi) is 8.48. The van der Waals surface area contributed by atoms with Crippen LogP contribution in [0.1, 0.15) is 48.0 Å². The van der Waals surface area contributed by atoms with E-state index in [4.69, 9.17) is 0 Å². The third kappa shape index (κ3) is 9.09. The molecule has 0 aromatic heterocycles. The molecule has 0 aromatic rings. The number of rotatable bonds is 9. The van der Waals surface area contributed by atoms with Crippen LogP contribution in [-0.4, -0.2) is 33.2 Å². The Balaban J connectivity index is 4.74. The summed E-state index contributed by atoms with van der Waals surface area (Å²) in [7, 11) is -3.40. The van der Waals surface area contributed by atoms with Crippen molar-refractivity contribution in [1.29, 1.82) is 0 Å². The summed E-state index contributed by atoms with van der Waals surface area (Å²) in [5, 5.41) is 2.91. The van der Waals surface area contributed by atoms with E-state index in [0.29, 0.717) is 30.7 Å². The number of carbonyl (C=O) groups excluding carboxylic acids is 1. The van der Waals surface area contributed by atoms with Crippen molar-refractivity contribution in [2.24, 2.45) is 23.7 Å². The largest absolute Gasteiger partial charge is 0.354 e. The fourth-order valence-corrected chi connectivity index (χ4v) is 3.24. The van der Waals surface area contributed by atoms with E-state index in [0.717, 1.165) is 6.26 Å². The van der Waals surface area contributed by atoms with Crippen molar-refractivity contribution < 1.29 is 13.2 Å². The Morgan fingerprint density at radius 3 is 1.81 bits per heavy atom. The summed E-state index contributed by atoms with van der Waals surface area (Å²) in [6.45, 7) is 13.1. The van der Waals surface area contributed by atoms with Crippen LogP contribution in [0.5, 0.6) is 0 Å². The van der Waals surface area contributed by atoms with Gasteiger partial charge in [-0.25, -0.2) is 13.1 Å². The number of carbonyl (C=O) groups is 1. The summed E-state index contributed by atoms with van der Waals surface area (Å²) < 4.78 is 25.2. The zero-order valence-electron chi connectivity index (χ0n) is 14.4. The van der Waals surface area contributed by atoms with Crippen molar-refractivity contribution >= 4 is 15.9 Å². The van der Waals surface area contributed by atoms with E-state index in [-0.39, 0.29) is 11.8 Å². The minimum atomic E-state index is -3.40. The molecule has 126 valence electrons. The van der Waals surface area contributed by atoms with Gasteiger partial charge in [-0.3, -0.25) is 4.79 Å². The van der Waals surface area contributed by atoms with E-state index < -0.39 is 16.1 Å². The average Bonchev–Trinajstić information content (AvgIpc) is 2.24. The van der Waals surface area contributed by atoms with E-state index in [9.17, 15) is 13.2 Å². The monoisotopic (exact) mass is 320 g/mol. The lowest BCUT2D eigenvalue weighted by atomic mass is 9.85. The van der Waals surface area contributed by atoms with E-state index in [1.165, 1.54) is 0 Å². The van der Waals surface area contributed by atoms with Crippen LogP contribution in [0.2, 0.25) is 0 Å². The van der Waals surface area contributed by atoms with Gasteiger partial charge in [-0.15, -0.1) is 0 Å². The van der Waals surface area contributed by atoms with Gasteiger partial charge >= 0.3 is 0 Å². The molecule has 0 aliphatic carbocycles. The maximum atomic E-state index is 12.3. The van der Waals surface area contributed by atoms with Gasteiger partial charge in [0.25, 0.3) is 0 Å². The van der Waals surface area contributed by atoms with E-state index in [1.807, 2.05) is 13.8 Å². The Morgan fingerprint density at radius 2 is 1.48 bits per heavy atom. The first-order chi connectivity index (χ1) is 9.44. The SMILES string of the molecule is CC(C)CC(NS(C)(=O)=O)C(=O)NCC(C(C)C)C(C)C. The molecular weight excluding hydrogens is 288 g/mol.